The Morgan fingerprint density at radius 2 is 1.74 bits per heavy atom. The quantitative estimate of drug-likeness (QED) is 0.167. The number of benzene rings is 2. The molecule has 1 aliphatic carbocycles. The molecule has 0 radical (unpaired) electrons. The van der Waals surface area contributed by atoms with Gasteiger partial charge >= 0.3 is 5.97 Å². The Balaban J connectivity index is 1.51. The van der Waals surface area contributed by atoms with E-state index >= 15 is 0 Å². The Bertz CT molecular complexity index is 970. The zero-order chi connectivity index (χ0) is 24.9. The fraction of sp³-hybridized carbons (Fsp3) is 0.500. The Morgan fingerprint density at radius 1 is 1.06 bits per heavy atom. The van der Waals surface area contributed by atoms with Crippen molar-refractivity contribution in [1.82, 2.24) is 0 Å². The smallest absolute Gasteiger partial charge is 0.330 e. The Kier molecular flexibility index (Phi) is 10.6. The van der Waals surface area contributed by atoms with Crippen LogP contribution in [0.25, 0.3) is 11.1 Å². The Hall–Kier alpha value is -2.86. The number of nitrogens with zero attached hydrogens (tertiary/aromatic N) is 1. The third kappa shape index (κ3) is 8.10. The van der Waals surface area contributed by atoms with Gasteiger partial charge in [0.25, 0.3) is 0 Å². The molecule has 0 amide bonds. The molecule has 3 rings (SSSR count). The van der Waals surface area contributed by atoms with E-state index in [-0.39, 0.29) is 11.4 Å². The van der Waals surface area contributed by atoms with Gasteiger partial charge < -0.3 is 4.74 Å². The number of aryl methyl sites for hydroxylation is 1. The molecule has 1 saturated carbocycles. The van der Waals surface area contributed by atoms with Crippen LogP contribution in [0.15, 0.2) is 61.2 Å². The lowest BCUT2D eigenvalue weighted by Gasteiger charge is -2.36. The van der Waals surface area contributed by atoms with Gasteiger partial charge in [0.2, 0.25) is 0 Å². The zero-order valence-electron chi connectivity index (χ0n) is 21.4. The first-order valence-electron chi connectivity index (χ1n) is 13.5. The van der Waals surface area contributed by atoms with Crippen LogP contribution >= 0.6 is 0 Å². The fourth-order valence-corrected chi connectivity index (χ4v) is 5.37. The van der Waals surface area contributed by atoms with Crippen LogP contribution in [0.4, 0.5) is 0 Å². The molecule has 3 heteroatoms. The van der Waals surface area contributed by atoms with E-state index in [1.54, 1.807) is 0 Å². The van der Waals surface area contributed by atoms with Gasteiger partial charge in [0.1, 0.15) is 0 Å². The third-order valence-electron chi connectivity index (χ3n) is 7.53. The molecule has 35 heavy (non-hydrogen) atoms. The van der Waals surface area contributed by atoms with Gasteiger partial charge in [-0.15, -0.1) is 0 Å². The number of esters is 1. The normalized spacial score (nSPS) is 19.6. The van der Waals surface area contributed by atoms with Crippen molar-refractivity contribution in [3.63, 3.8) is 0 Å². The van der Waals surface area contributed by atoms with E-state index < -0.39 is 0 Å². The van der Waals surface area contributed by atoms with Gasteiger partial charge in [0.05, 0.1) is 18.1 Å². The summed E-state index contributed by atoms with van der Waals surface area (Å²) in [4.78, 5) is 11.1. The molecular weight excluding hydrogens is 430 g/mol. The van der Waals surface area contributed by atoms with Gasteiger partial charge in [-0.2, -0.15) is 5.26 Å². The van der Waals surface area contributed by atoms with Gasteiger partial charge in [-0.3, -0.25) is 0 Å². The number of ether oxygens (including phenoxy) is 1. The number of carbonyl (C=O) groups excluding carboxylic acids is 1. The largest absolute Gasteiger partial charge is 0.463 e. The van der Waals surface area contributed by atoms with Gasteiger partial charge in [-0.25, -0.2) is 4.79 Å². The predicted molar refractivity (Wildman–Crippen MR) is 144 cm³/mol. The molecular formula is C32H41NO2. The van der Waals surface area contributed by atoms with Gasteiger partial charge in [-0.1, -0.05) is 94.1 Å². The monoisotopic (exact) mass is 471 g/mol. The lowest BCUT2D eigenvalue weighted by molar-refractivity contribution is -0.137. The molecule has 186 valence electrons. The molecule has 0 N–H and O–H groups in total. The number of hydrogen-bond acceptors (Lipinski definition) is 3. The van der Waals surface area contributed by atoms with E-state index in [0.29, 0.717) is 12.5 Å². The number of nitriles is 1. The van der Waals surface area contributed by atoms with Crippen LogP contribution in [0.2, 0.25) is 0 Å². The highest BCUT2D eigenvalue weighted by atomic mass is 16.5. The summed E-state index contributed by atoms with van der Waals surface area (Å²) < 4.78 is 5.04. The highest BCUT2D eigenvalue weighted by molar-refractivity contribution is 5.81. The van der Waals surface area contributed by atoms with E-state index in [1.807, 2.05) is 0 Å². The summed E-state index contributed by atoms with van der Waals surface area (Å²) in [7, 11) is 0. The molecule has 1 fully saturated rings. The van der Waals surface area contributed by atoms with Crippen molar-refractivity contribution in [2.45, 2.75) is 89.9 Å². The van der Waals surface area contributed by atoms with Crippen LogP contribution in [-0.4, -0.2) is 12.6 Å². The van der Waals surface area contributed by atoms with Crippen molar-refractivity contribution < 1.29 is 9.53 Å². The molecule has 2 atom stereocenters. The molecule has 2 aromatic rings. The second kappa shape index (κ2) is 13.9. The molecule has 2 unspecified atom stereocenters. The predicted octanol–water partition coefficient (Wildman–Crippen LogP) is 8.54. The van der Waals surface area contributed by atoms with Crippen molar-refractivity contribution in [3.8, 4) is 17.2 Å². The summed E-state index contributed by atoms with van der Waals surface area (Å²) in [6.45, 7) is 6.10. The molecule has 0 spiro atoms. The Labute approximate surface area is 212 Å². The molecule has 0 heterocycles. The van der Waals surface area contributed by atoms with Gasteiger partial charge in [0.15, 0.2) is 0 Å². The third-order valence-corrected chi connectivity index (χ3v) is 7.53. The lowest BCUT2D eigenvalue weighted by Crippen LogP contribution is -2.26. The minimum Gasteiger partial charge on any atom is -0.463 e. The van der Waals surface area contributed by atoms with E-state index in [0.717, 1.165) is 57.8 Å². The summed E-state index contributed by atoms with van der Waals surface area (Å²) in [6.07, 6.45) is 14.1. The summed E-state index contributed by atoms with van der Waals surface area (Å²) >= 11 is 0. The van der Waals surface area contributed by atoms with E-state index in [9.17, 15) is 10.1 Å². The minimum absolute atomic E-state index is 0.203. The standard InChI is InChI=1S/C32H41NO2/c1-3-5-11-26-13-15-27(16-14-26)28-17-19-29(20-18-28)30-12-10-22-32(24-30,25-33)21-8-6-7-9-23-35-31(34)4-2/h4,13-20,30H,2-3,5-12,21-24H2,1H3. The summed E-state index contributed by atoms with van der Waals surface area (Å²) in [5.41, 5.74) is 5.11. The molecule has 0 bridgehead atoms. The maximum absolute atomic E-state index is 11.1. The maximum atomic E-state index is 11.1. The molecule has 1 aliphatic rings. The summed E-state index contributed by atoms with van der Waals surface area (Å²) in [5.74, 6) is 0.113. The molecule has 0 aliphatic heterocycles. The van der Waals surface area contributed by atoms with Crippen molar-refractivity contribution in [3.05, 3.63) is 72.3 Å². The van der Waals surface area contributed by atoms with E-state index in [1.165, 1.54) is 47.6 Å². The first-order chi connectivity index (χ1) is 17.1. The van der Waals surface area contributed by atoms with Crippen molar-refractivity contribution in [2.24, 2.45) is 5.41 Å². The molecule has 3 nitrogen and oxygen atoms in total. The average Bonchev–Trinajstić information content (AvgIpc) is 2.91. The highest BCUT2D eigenvalue weighted by Crippen LogP contribution is 2.46. The van der Waals surface area contributed by atoms with E-state index in [2.05, 4.69) is 68.1 Å². The van der Waals surface area contributed by atoms with Crippen molar-refractivity contribution in [2.75, 3.05) is 6.61 Å². The highest BCUT2D eigenvalue weighted by Gasteiger charge is 2.36. The van der Waals surface area contributed by atoms with Crippen LogP contribution in [0, 0.1) is 16.7 Å². The topological polar surface area (TPSA) is 50.1 Å². The first kappa shape index (κ1) is 26.7. The summed E-state index contributed by atoms with van der Waals surface area (Å²) in [6, 6.07) is 20.8. The lowest BCUT2D eigenvalue weighted by atomic mass is 9.66. The summed E-state index contributed by atoms with van der Waals surface area (Å²) in [5, 5.41) is 10.1. The van der Waals surface area contributed by atoms with E-state index in [4.69, 9.17) is 4.74 Å². The first-order valence-corrected chi connectivity index (χ1v) is 13.5. The number of rotatable bonds is 13. The molecule has 0 saturated heterocycles. The number of unbranched alkanes of at least 4 members (excludes halogenated alkanes) is 4. The minimum atomic E-state index is -0.352. The second-order valence-corrected chi connectivity index (χ2v) is 10.1. The Morgan fingerprint density at radius 3 is 2.40 bits per heavy atom. The molecule has 2 aromatic carbocycles. The fourth-order valence-electron chi connectivity index (χ4n) is 5.37. The van der Waals surface area contributed by atoms with Crippen LogP contribution < -0.4 is 0 Å². The van der Waals surface area contributed by atoms with Gasteiger partial charge in [-0.05, 0) is 73.1 Å². The molecule has 0 aromatic heterocycles. The van der Waals surface area contributed by atoms with Crippen LogP contribution in [0.1, 0.15) is 94.6 Å². The van der Waals surface area contributed by atoms with Crippen LogP contribution in [0.5, 0.6) is 0 Å². The second-order valence-electron chi connectivity index (χ2n) is 10.1. The number of carbonyl (C=O) groups is 1. The average molecular weight is 472 g/mol. The number of hydrogen-bond donors (Lipinski definition) is 0. The van der Waals surface area contributed by atoms with Crippen LogP contribution in [0.3, 0.4) is 0 Å². The van der Waals surface area contributed by atoms with Crippen LogP contribution in [-0.2, 0) is 16.0 Å². The maximum Gasteiger partial charge on any atom is 0.330 e. The van der Waals surface area contributed by atoms with Gasteiger partial charge in [0, 0.05) is 6.08 Å². The zero-order valence-corrected chi connectivity index (χ0v) is 21.4. The SMILES string of the molecule is C=CC(=O)OCCCCCCC1(C#N)CCCC(c2ccc(-c3ccc(CCCC)cc3)cc2)C1. The van der Waals surface area contributed by atoms with Crippen molar-refractivity contribution in [1.29, 1.82) is 5.26 Å². The van der Waals surface area contributed by atoms with Crippen molar-refractivity contribution >= 4 is 5.97 Å².